The van der Waals surface area contributed by atoms with Gasteiger partial charge in [0, 0.05) is 30.5 Å². The Morgan fingerprint density at radius 1 is 1.03 bits per heavy atom. The number of carbonyl (C=O) groups excluding carboxylic acids is 2. The molecule has 2 fully saturated rings. The third-order valence-electron chi connectivity index (χ3n) is 6.48. The van der Waals surface area contributed by atoms with Gasteiger partial charge in [0.15, 0.2) is 0 Å². The maximum Gasteiger partial charge on any atom is 0.318 e. The molecule has 10 heteroatoms. The summed E-state index contributed by atoms with van der Waals surface area (Å²) in [6.07, 6.45) is 13.2. The van der Waals surface area contributed by atoms with Crippen molar-refractivity contribution in [3.63, 3.8) is 0 Å². The van der Waals surface area contributed by atoms with E-state index in [1.54, 1.807) is 0 Å². The molecule has 0 spiro atoms. The van der Waals surface area contributed by atoms with Gasteiger partial charge in [0.2, 0.25) is 5.91 Å². The normalized spacial score (nSPS) is 20.6. The number of unbranched alkanes of at least 4 members (excludes halogenated alkanes) is 4. The van der Waals surface area contributed by atoms with E-state index in [0.717, 1.165) is 38.0 Å². The van der Waals surface area contributed by atoms with E-state index in [9.17, 15) is 9.59 Å². The van der Waals surface area contributed by atoms with Crippen molar-refractivity contribution in [2.24, 2.45) is 0 Å². The first-order chi connectivity index (χ1) is 18.2. The lowest BCUT2D eigenvalue weighted by molar-refractivity contribution is -0.121. The lowest BCUT2D eigenvalue weighted by atomic mass is 10.0. The molecule has 0 bridgehead atoms. The van der Waals surface area contributed by atoms with Gasteiger partial charge in [-0.05, 0) is 19.3 Å². The van der Waals surface area contributed by atoms with Crippen molar-refractivity contribution in [2.75, 3.05) is 71.7 Å². The molecule has 0 aliphatic carbocycles. The summed E-state index contributed by atoms with van der Waals surface area (Å²) in [4.78, 5) is 26.6. The quantitative estimate of drug-likeness (QED) is 0.117. The summed E-state index contributed by atoms with van der Waals surface area (Å²) in [7, 11) is 0. The first kappa shape index (κ1) is 31.7. The number of nitrogens with zero attached hydrogens (tertiary/aromatic N) is 1. The Morgan fingerprint density at radius 3 is 2.43 bits per heavy atom. The summed E-state index contributed by atoms with van der Waals surface area (Å²) < 4.78 is 21.4. The lowest BCUT2D eigenvalue weighted by Crippen LogP contribution is -2.41. The van der Waals surface area contributed by atoms with Gasteiger partial charge in [-0.25, -0.2) is 4.79 Å². The van der Waals surface area contributed by atoms with E-state index >= 15 is 0 Å². The van der Waals surface area contributed by atoms with Gasteiger partial charge < -0.3 is 34.5 Å². The van der Waals surface area contributed by atoms with Gasteiger partial charge in [0.05, 0.1) is 58.3 Å². The highest BCUT2D eigenvalue weighted by Crippen LogP contribution is 2.37. The number of urea groups is 1. The maximum atomic E-state index is 12.4. The second-order valence-corrected chi connectivity index (χ2v) is 10.6. The number of carbonyl (C=O) groups is 2. The Balaban J connectivity index is 1.41. The monoisotopic (exact) mass is 541 g/mol. The van der Waals surface area contributed by atoms with E-state index in [-0.39, 0.29) is 18.0 Å². The molecule has 3 amide bonds. The van der Waals surface area contributed by atoms with Gasteiger partial charge in [0.25, 0.3) is 0 Å². The van der Waals surface area contributed by atoms with Crippen molar-refractivity contribution in [1.82, 2.24) is 15.5 Å². The fraction of sp³-hybridized carbons (Fsp3) is 0.852. The molecule has 1 unspecified atom stereocenters. The number of hydrogen-bond donors (Lipinski definition) is 2. The maximum absolute atomic E-state index is 12.4. The smallest absolute Gasteiger partial charge is 0.318 e. The highest BCUT2D eigenvalue weighted by Gasteiger charge is 2.47. The number of rotatable bonds is 23. The van der Waals surface area contributed by atoms with Crippen molar-refractivity contribution in [3.8, 4) is 12.3 Å². The summed E-state index contributed by atoms with van der Waals surface area (Å²) in [6, 6.07) is 0.693. The van der Waals surface area contributed by atoms with Crippen molar-refractivity contribution in [2.45, 2.75) is 75.6 Å². The van der Waals surface area contributed by atoms with Crippen LogP contribution in [0.15, 0.2) is 0 Å². The average Bonchev–Trinajstić information content (AvgIpc) is 3.42. The van der Waals surface area contributed by atoms with E-state index in [2.05, 4.69) is 28.4 Å². The van der Waals surface area contributed by atoms with E-state index < -0.39 is 0 Å². The van der Waals surface area contributed by atoms with Crippen LogP contribution in [0.5, 0.6) is 0 Å². The zero-order valence-electron chi connectivity index (χ0n) is 22.5. The van der Waals surface area contributed by atoms with E-state index in [1.165, 1.54) is 19.3 Å². The molecule has 2 heterocycles. The number of thioether (sulfide) groups is 1. The fourth-order valence-corrected chi connectivity index (χ4v) is 6.19. The zero-order chi connectivity index (χ0) is 26.6. The van der Waals surface area contributed by atoms with Crippen LogP contribution in [-0.4, -0.2) is 106 Å². The van der Waals surface area contributed by atoms with Crippen LogP contribution < -0.4 is 10.6 Å². The molecule has 0 aromatic carbocycles. The Hall–Kier alpha value is -1.51. The molecule has 2 saturated heterocycles. The minimum Gasteiger partial charge on any atom is -0.377 e. The molecule has 2 rings (SSSR count). The highest BCUT2D eigenvalue weighted by molar-refractivity contribution is 8.00. The third kappa shape index (κ3) is 13.2. The first-order valence-corrected chi connectivity index (χ1v) is 14.9. The summed E-state index contributed by atoms with van der Waals surface area (Å²) in [5.41, 5.74) is 0. The SMILES string of the molecule is C#CCOCCOCCOCCOCCNC(=O)CCCC[C@@H]1SC[C@@H]2NC(=O)N(CCCCCC)C21. The highest BCUT2D eigenvalue weighted by atomic mass is 32.2. The van der Waals surface area contributed by atoms with Crippen LogP contribution in [0.3, 0.4) is 0 Å². The van der Waals surface area contributed by atoms with E-state index in [1.807, 2.05) is 11.8 Å². The number of hydrogen-bond acceptors (Lipinski definition) is 7. The largest absolute Gasteiger partial charge is 0.377 e. The molecule has 0 aromatic heterocycles. The molecular formula is C27H47N3O6S. The Morgan fingerprint density at radius 2 is 1.73 bits per heavy atom. The standard InChI is InChI=1S/C27H47N3O6S/c1-3-5-6-9-13-30-26-23(29-27(30)32)22-37-24(26)10-7-8-11-25(31)28-12-15-34-17-19-36-21-20-35-18-16-33-14-4-2/h2,23-24,26H,3,5-22H2,1H3,(H,28,31)(H,29,32)/t23-,24-,26?/m0/s1. The first-order valence-electron chi connectivity index (χ1n) is 13.9. The molecule has 2 aliphatic heterocycles. The van der Waals surface area contributed by atoms with Gasteiger partial charge in [0.1, 0.15) is 6.61 Å². The second kappa shape index (κ2) is 20.5. The van der Waals surface area contributed by atoms with Crippen LogP contribution in [0, 0.1) is 12.3 Å². The van der Waals surface area contributed by atoms with Crippen molar-refractivity contribution in [1.29, 1.82) is 0 Å². The number of terminal acetylenes is 1. The molecular weight excluding hydrogens is 494 g/mol. The predicted molar refractivity (Wildman–Crippen MR) is 147 cm³/mol. The molecule has 0 saturated carbocycles. The molecule has 0 radical (unpaired) electrons. The number of nitrogens with one attached hydrogen (secondary N) is 2. The van der Waals surface area contributed by atoms with Crippen molar-refractivity contribution >= 4 is 23.7 Å². The van der Waals surface area contributed by atoms with Crippen LogP contribution in [0.4, 0.5) is 4.79 Å². The molecule has 0 aromatic rings. The van der Waals surface area contributed by atoms with Crippen molar-refractivity contribution < 1.29 is 28.5 Å². The lowest BCUT2D eigenvalue weighted by Gasteiger charge is -2.27. The molecule has 9 nitrogen and oxygen atoms in total. The summed E-state index contributed by atoms with van der Waals surface area (Å²) in [5.74, 6) is 3.46. The summed E-state index contributed by atoms with van der Waals surface area (Å²) in [5, 5.41) is 6.56. The Bertz CT molecular complexity index is 677. The van der Waals surface area contributed by atoms with Gasteiger partial charge in [-0.1, -0.05) is 38.5 Å². The average molecular weight is 542 g/mol. The summed E-state index contributed by atoms with van der Waals surface area (Å²) in [6.45, 7) is 7.29. The molecule has 2 aliphatic rings. The Labute approximate surface area is 227 Å². The number of amides is 3. The zero-order valence-corrected chi connectivity index (χ0v) is 23.4. The Kier molecular flexibility index (Phi) is 17.5. The van der Waals surface area contributed by atoms with Gasteiger partial charge in [-0.15, -0.1) is 6.42 Å². The minimum atomic E-state index is 0.0652. The number of fused-ring (bicyclic) bond motifs is 1. The number of ether oxygens (including phenoxy) is 4. The molecule has 3 atom stereocenters. The van der Waals surface area contributed by atoms with Gasteiger partial charge in [-0.2, -0.15) is 11.8 Å². The molecule has 37 heavy (non-hydrogen) atoms. The topological polar surface area (TPSA) is 98.4 Å². The van der Waals surface area contributed by atoms with Gasteiger partial charge in [-0.3, -0.25) is 4.79 Å². The van der Waals surface area contributed by atoms with Crippen LogP contribution in [0.1, 0.15) is 58.3 Å². The predicted octanol–water partition coefficient (Wildman–Crippen LogP) is 2.82. The summed E-state index contributed by atoms with van der Waals surface area (Å²) >= 11 is 1.97. The van der Waals surface area contributed by atoms with Gasteiger partial charge >= 0.3 is 6.03 Å². The van der Waals surface area contributed by atoms with E-state index in [4.69, 9.17) is 25.4 Å². The molecule has 212 valence electrons. The van der Waals surface area contributed by atoms with Crippen molar-refractivity contribution in [3.05, 3.63) is 0 Å². The van der Waals surface area contributed by atoms with Crippen LogP contribution in [0.2, 0.25) is 0 Å². The fourth-order valence-electron chi connectivity index (χ4n) is 4.59. The molecule has 2 N–H and O–H groups in total. The van der Waals surface area contributed by atoms with Crippen LogP contribution in [0.25, 0.3) is 0 Å². The second-order valence-electron chi connectivity index (χ2n) is 9.36. The van der Waals surface area contributed by atoms with Crippen LogP contribution >= 0.6 is 11.8 Å². The van der Waals surface area contributed by atoms with E-state index in [0.29, 0.717) is 77.1 Å². The van der Waals surface area contributed by atoms with Crippen LogP contribution in [-0.2, 0) is 23.7 Å². The third-order valence-corrected chi connectivity index (χ3v) is 7.97. The minimum absolute atomic E-state index is 0.0652.